The third-order valence-electron chi connectivity index (χ3n) is 4.09. The smallest absolute Gasteiger partial charge is 0.273 e. The molecule has 0 aromatic heterocycles. The Morgan fingerprint density at radius 1 is 1.25 bits per heavy atom. The first-order chi connectivity index (χ1) is 13.3. The lowest BCUT2D eigenvalue weighted by Gasteiger charge is -2.30. The molecule has 1 amide bonds. The fourth-order valence-electron chi connectivity index (χ4n) is 2.63. The van der Waals surface area contributed by atoms with Gasteiger partial charge in [-0.2, -0.15) is 0 Å². The summed E-state index contributed by atoms with van der Waals surface area (Å²) in [4.78, 5) is 26.3. The van der Waals surface area contributed by atoms with Crippen LogP contribution in [0.25, 0.3) is 0 Å². The van der Waals surface area contributed by atoms with Crippen LogP contribution in [0.3, 0.4) is 0 Å². The number of nitro benzene ring substituents is 1. The lowest BCUT2D eigenvalue weighted by Crippen LogP contribution is -2.39. The second-order valence-electron chi connectivity index (χ2n) is 6.33. The molecule has 28 heavy (non-hydrogen) atoms. The predicted molar refractivity (Wildman–Crippen MR) is 95.8 cm³/mol. The van der Waals surface area contributed by atoms with E-state index in [1.807, 2.05) is 19.0 Å². The highest BCUT2D eigenvalue weighted by molar-refractivity contribution is 6.09. The van der Waals surface area contributed by atoms with Crippen LogP contribution < -0.4 is 14.4 Å². The average Bonchev–Trinajstić information content (AvgIpc) is 2.63. The summed E-state index contributed by atoms with van der Waals surface area (Å²) in [5.41, 5.74) is -0.130. The number of benzene rings is 2. The Balaban J connectivity index is 1.96. The van der Waals surface area contributed by atoms with Crippen molar-refractivity contribution in [2.75, 3.05) is 38.9 Å². The van der Waals surface area contributed by atoms with Crippen LogP contribution in [-0.2, 0) is 0 Å². The van der Waals surface area contributed by atoms with E-state index in [1.54, 1.807) is 0 Å². The Labute approximate surface area is 159 Å². The molecular weight excluding hydrogens is 376 g/mol. The Hall–Kier alpha value is -3.27. The number of amides is 1. The van der Waals surface area contributed by atoms with Gasteiger partial charge in [0.1, 0.15) is 18.1 Å². The molecule has 10 heteroatoms. The van der Waals surface area contributed by atoms with Crippen LogP contribution in [-0.4, -0.2) is 49.7 Å². The largest absolute Gasteiger partial charge is 0.490 e. The van der Waals surface area contributed by atoms with Crippen molar-refractivity contribution in [3.63, 3.8) is 0 Å². The van der Waals surface area contributed by atoms with Crippen molar-refractivity contribution >= 4 is 17.3 Å². The van der Waals surface area contributed by atoms with Gasteiger partial charge in [-0.25, -0.2) is 8.78 Å². The molecule has 3 rings (SSSR count). The summed E-state index contributed by atoms with van der Waals surface area (Å²) in [5.74, 6) is -2.89. The van der Waals surface area contributed by atoms with Gasteiger partial charge >= 0.3 is 0 Å². The summed E-state index contributed by atoms with van der Waals surface area (Å²) in [6, 6.07) is 5.36. The van der Waals surface area contributed by atoms with Crippen molar-refractivity contribution in [3.05, 3.63) is 57.6 Å². The topological polar surface area (TPSA) is 85.2 Å². The lowest BCUT2D eigenvalue weighted by atomic mass is 10.1. The van der Waals surface area contributed by atoms with Gasteiger partial charge in [0.15, 0.2) is 18.4 Å². The van der Waals surface area contributed by atoms with Gasteiger partial charge in [0.25, 0.3) is 11.6 Å². The highest BCUT2D eigenvalue weighted by Gasteiger charge is 2.31. The second kappa shape index (κ2) is 7.77. The van der Waals surface area contributed by atoms with Crippen molar-refractivity contribution in [2.45, 2.75) is 0 Å². The lowest BCUT2D eigenvalue weighted by molar-refractivity contribution is -0.384. The van der Waals surface area contributed by atoms with Crippen LogP contribution >= 0.6 is 0 Å². The van der Waals surface area contributed by atoms with E-state index in [1.165, 1.54) is 18.2 Å². The number of carbonyl (C=O) groups is 1. The summed E-state index contributed by atoms with van der Waals surface area (Å²) in [6.07, 6.45) is 0. The minimum atomic E-state index is -1.18. The molecule has 0 saturated carbocycles. The SMILES string of the molecule is CN(C)CCOc1cc([N+](=O)[O-])ccc1N1COc2cc(F)c(F)cc2C1=O. The average molecular weight is 393 g/mol. The third kappa shape index (κ3) is 3.86. The molecule has 148 valence electrons. The molecule has 2 aromatic carbocycles. The molecule has 0 radical (unpaired) electrons. The molecule has 0 unspecified atom stereocenters. The number of rotatable bonds is 6. The molecule has 2 aromatic rings. The van der Waals surface area contributed by atoms with Crippen molar-refractivity contribution in [1.82, 2.24) is 4.90 Å². The van der Waals surface area contributed by atoms with E-state index in [2.05, 4.69) is 0 Å². The molecular formula is C18H17F2N3O5. The van der Waals surface area contributed by atoms with Crippen LogP contribution in [0.1, 0.15) is 10.4 Å². The maximum absolute atomic E-state index is 13.6. The summed E-state index contributed by atoms with van der Waals surface area (Å²) in [7, 11) is 3.68. The second-order valence-corrected chi connectivity index (χ2v) is 6.33. The van der Waals surface area contributed by atoms with Gasteiger partial charge < -0.3 is 14.4 Å². The van der Waals surface area contributed by atoms with Gasteiger partial charge in [0.2, 0.25) is 0 Å². The van der Waals surface area contributed by atoms with Crippen molar-refractivity contribution < 1.29 is 28.0 Å². The maximum atomic E-state index is 13.6. The Kier molecular flexibility index (Phi) is 5.41. The normalized spacial score (nSPS) is 13.3. The van der Waals surface area contributed by atoms with E-state index in [0.717, 1.165) is 17.0 Å². The maximum Gasteiger partial charge on any atom is 0.273 e. The highest BCUT2D eigenvalue weighted by atomic mass is 19.2. The van der Waals surface area contributed by atoms with Gasteiger partial charge in [0, 0.05) is 18.7 Å². The first-order valence-electron chi connectivity index (χ1n) is 8.27. The number of non-ortho nitro benzene ring substituents is 1. The molecule has 1 aliphatic heterocycles. The van der Waals surface area contributed by atoms with Gasteiger partial charge in [-0.1, -0.05) is 0 Å². The number of anilines is 1. The summed E-state index contributed by atoms with van der Waals surface area (Å²) in [5, 5.41) is 11.1. The molecule has 1 heterocycles. The summed E-state index contributed by atoms with van der Waals surface area (Å²) < 4.78 is 38.0. The summed E-state index contributed by atoms with van der Waals surface area (Å²) in [6.45, 7) is 0.485. The number of hydrogen-bond donors (Lipinski definition) is 0. The summed E-state index contributed by atoms with van der Waals surface area (Å²) >= 11 is 0. The van der Waals surface area contributed by atoms with Crippen LogP contribution in [0, 0.1) is 21.7 Å². The quantitative estimate of drug-likeness (QED) is 0.554. The molecule has 0 fully saturated rings. The Morgan fingerprint density at radius 3 is 2.64 bits per heavy atom. The van der Waals surface area contributed by atoms with Gasteiger partial charge in [-0.05, 0) is 26.2 Å². The number of fused-ring (bicyclic) bond motifs is 1. The number of hydrogen-bond acceptors (Lipinski definition) is 6. The highest BCUT2D eigenvalue weighted by Crippen LogP contribution is 2.36. The minimum absolute atomic E-state index is 0.0721. The number of nitrogens with zero attached hydrogens (tertiary/aromatic N) is 3. The van der Waals surface area contributed by atoms with E-state index >= 15 is 0 Å². The number of carbonyl (C=O) groups excluding carboxylic acids is 1. The molecule has 0 aliphatic carbocycles. The predicted octanol–water partition coefficient (Wildman–Crippen LogP) is 2.81. The van der Waals surface area contributed by atoms with E-state index in [-0.39, 0.29) is 41.8 Å². The zero-order valence-electron chi connectivity index (χ0n) is 15.1. The zero-order chi connectivity index (χ0) is 20.4. The standard InChI is InChI=1S/C18H17F2N3O5/c1-21(2)5-6-27-17-7-11(23(25)26)3-4-15(17)22-10-28-16-9-14(20)13(19)8-12(16)18(22)24/h3-4,7-9H,5-6,10H2,1-2H3. The molecule has 0 spiro atoms. The van der Waals surface area contributed by atoms with E-state index in [0.29, 0.717) is 6.54 Å². The fraction of sp³-hybridized carbons (Fsp3) is 0.278. The third-order valence-corrected chi connectivity index (χ3v) is 4.09. The molecule has 8 nitrogen and oxygen atoms in total. The van der Waals surface area contributed by atoms with Gasteiger partial charge in [0.05, 0.1) is 22.2 Å². The van der Waals surface area contributed by atoms with Gasteiger partial charge in [-0.15, -0.1) is 0 Å². The van der Waals surface area contributed by atoms with Crippen LogP contribution in [0.4, 0.5) is 20.2 Å². The molecule has 0 saturated heterocycles. The zero-order valence-corrected chi connectivity index (χ0v) is 15.1. The molecule has 0 N–H and O–H groups in total. The first-order valence-corrected chi connectivity index (χ1v) is 8.27. The number of nitro groups is 1. The number of ether oxygens (including phenoxy) is 2. The fourth-order valence-corrected chi connectivity index (χ4v) is 2.63. The minimum Gasteiger partial charge on any atom is -0.490 e. The van der Waals surface area contributed by atoms with E-state index in [4.69, 9.17) is 9.47 Å². The van der Waals surface area contributed by atoms with Crippen LogP contribution in [0.5, 0.6) is 11.5 Å². The Morgan fingerprint density at radius 2 is 1.96 bits per heavy atom. The van der Waals surface area contributed by atoms with Crippen molar-refractivity contribution in [1.29, 1.82) is 0 Å². The first kappa shape index (κ1) is 19.5. The van der Waals surface area contributed by atoms with Gasteiger partial charge in [-0.3, -0.25) is 19.8 Å². The van der Waals surface area contributed by atoms with Crippen LogP contribution in [0.2, 0.25) is 0 Å². The van der Waals surface area contributed by atoms with Crippen molar-refractivity contribution in [3.8, 4) is 11.5 Å². The van der Waals surface area contributed by atoms with E-state index in [9.17, 15) is 23.7 Å². The number of halogens is 2. The molecule has 0 bridgehead atoms. The molecule has 1 aliphatic rings. The van der Waals surface area contributed by atoms with Crippen LogP contribution in [0.15, 0.2) is 30.3 Å². The van der Waals surface area contributed by atoms with E-state index < -0.39 is 22.5 Å². The van der Waals surface area contributed by atoms with Crippen molar-refractivity contribution in [2.24, 2.45) is 0 Å². The molecule has 0 atom stereocenters. The number of likely N-dealkylation sites (N-methyl/N-ethyl adjacent to an activating group) is 1. The Bertz CT molecular complexity index is 936. The monoisotopic (exact) mass is 393 g/mol.